The molecule has 2 heterocycles. The molecule has 0 bridgehead atoms. The Kier molecular flexibility index (Phi) is 4.04. The molecular weight excluding hydrogens is 264 g/mol. The summed E-state index contributed by atoms with van der Waals surface area (Å²) in [5.74, 6) is 0.0650. The molecule has 0 saturated carbocycles. The van der Waals surface area contributed by atoms with Crippen LogP contribution in [0.25, 0.3) is 0 Å². The molecule has 6 nitrogen and oxygen atoms in total. The van der Waals surface area contributed by atoms with Gasteiger partial charge in [-0.2, -0.15) is 4.37 Å². The van der Waals surface area contributed by atoms with Gasteiger partial charge >= 0.3 is 0 Å². The molecule has 1 aliphatic rings. The Hall–Kier alpha value is -1.63. The Labute approximate surface area is 116 Å². The summed E-state index contributed by atoms with van der Waals surface area (Å²) in [7, 11) is 1.79. The van der Waals surface area contributed by atoms with Gasteiger partial charge in [0.25, 0.3) is 5.91 Å². The molecule has 2 rings (SSSR count). The number of piperazine rings is 1. The molecule has 0 unspecified atom stereocenters. The van der Waals surface area contributed by atoms with Crippen molar-refractivity contribution in [2.24, 2.45) is 0 Å². The summed E-state index contributed by atoms with van der Waals surface area (Å²) in [6, 6.07) is 0. The summed E-state index contributed by atoms with van der Waals surface area (Å²) >= 11 is 1.30. The Bertz CT molecular complexity index is 492. The zero-order valence-corrected chi connectivity index (χ0v) is 12.2. The van der Waals surface area contributed by atoms with Crippen molar-refractivity contribution in [3.05, 3.63) is 11.3 Å². The molecular formula is C12H18N4O2S. The predicted octanol–water partition coefficient (Wildman–Crippen LogP) is 0.798. The normalized spacial score (nSPS) is 15.5. The van der Waals surface area contributed by atoms with Crippen LogP contribution in [-0.4, -0.2) is 59.2 Å². The van der Waals surface area contributed by atoms with Crippen LogP contribution in [0, 0.1) is 6.92 Å². The van der Waals surface area contributed by atoms with Crippen molar-refractivity contribution in [3.63, 3.8) is 0 Å². The summed E-state index contributed by atoms with van der Waals surface area (Å²) in [5.41, 5.74) is 1.41. The molecule has 1 aliphatic heterocycles. The first kappa shape index (κ1) is 13.8. The number of anilines is 1. The van der Waals surface area contributed by atoms with Gasteiger partial charge in [0.2, 0.25) is 5.91 Å². The van der Waals surface area contributed by atoms with E-state index in [0.29, 0.717) is 31.7 Å². The molecule has 1 aromatic rings. The number of hydrogen-bond acceptors (Lipinski definition) is 5. The van der Waals surface area contributed by atoms with Crippen LogP contribution in [0.15, 0.2) is 0 Å². The molecule has 0 aromatic carbocycles. The molecule has 2 amide bonds. The molecule has 19 heavy (non-hydrogen) atoms. The van der Waals surface area contributed by atoms with Gasteiger partial charge in [-0.1, -0.05) is 0 Å². The van der Waals surface area contributed by atoms with Gasteiger partial charge in [0.1, 0.15) is 5.00 Å². The Balaban J connectivity index is 2.09. The number of nitrogens with one attached hydrogen (secondary N) is 1. The van der Waals surface area contributed by atoms with Gasteiger partial charge in [0.05, 0.1) is 11.3 Å². The average Bonchev–Trinajstić information content (AvgIpc) is 2.79. The monoisotopic (exact) mass is 282 g/mol. The Morgan fingerprint density at radius 3 is 2.32 bits per heavy atom. The first-order chi connectivity index (χ1) is 9.04. The van der Waals surface area contributed by atoms with Crippen LogP contribution in [0.5, 0.6) is 0 Å². The van der Waals surface area contributed by atoms with Crippen molar-refractivity contribution in [2.45, 2.75) is 13.8 Å². The van der Waals surface area contributed by atoms with Crippen molar-refractivity contribution < 1.29 is 9.59 Å². The Morgan fingerprint density at radius 2 is 1.79 bits per heavy atom. The van der Waals surface area contributed by atoms with Crippen LogP contribution in [0.2, 0.25) is 0 Å². The minimum absolute atomic E-state index is 0.00111. The second-order valence-electron chi connectivity index (χ2n) is 4.52. The largest absolute Gasteiger partial charge is 0.378 e. The van der Waals surface area contributed by atoms with E-state index in [-0.39, 0.29) is 11.8 Å². The lowest BCUT2D eigenvalue weighted by molar-refractivity contribution is -0.130. The number of nitrogens with zero attached hydrogens (tertiary/aromatic N) is 3. The van der Waals surface area contributed by atoms with Gasteiger partial charge in [-0.05, 0) is 18.5 Å². The highest BCUT2D eigenvalue weighted by molar-refractivity contribution is 7.10. The number of hydrogen-bond donors (Lipinski definition) is 1. The van der Waals surface area contributed by atoms with Crippen molar-refractivity contribution in [1.29, 1.82) is 0 Å². The van der Waals surface area contributed by atoms with E-state index in [9.17, 15) is 9.59 Å². The molecule has 1 N–H and O–H groups in total. The highest BCUT2D eigenvalue weighted by atomic mass is 32.1. The Morgan fingerprint density at radius 1 is 1.21 bits per heavy atom. The molecule has 104 valence electrons. The second-order valence-corrected chi connectivity index (χ2v) is 5.29. The number of carbonyl (C=O) groups is 2. The summed E-state index contributed by atoms with van der Waals surface area (Å²) in [6.45, 7) is 5.77. The zero-order chi connectivity index (χ0) is 14.0. The van der Waals surface area contributed by atoms with E-state index in [1.807, 2.05) is 6.92 Å². The second kappa shape index (κ2) is 5.56. The summed E-state index contributed by atoms with van der Waals surface area (Å²) in [6.07, 6.45) is 0. The highest BCUT2D eigenvalue weighted by Crippen LogP contribution is 2.25. The third kappa shape index (κ3) is 2.70. The number of aryl methyl sites for hydroxylation is 1. The lowest BCUT2D eigenvalue weighted by atomic mass is 10.2. The van der Waals surface area contributed by atoms with Crippen LogP contribution < -0.4 is 5.32 Å². The van der Waals surface area contributed by atoms with Crippen molar-refractivity contribution >= 4 is 28.3 Å². The van der Waals surface area contributed by atoms with Gasteiger partial charge in [-0.25, -0.2) is 0 Å². The number of amides is 2. The minimum Gasteiger partial charge on any atom is -0.378 e. The third-order valence-electron chi connectivity index (χ3n) is 3.32. The average molecular weight is 282 g/mol. The third-order valence-corrected chi connectivity index (χ3v) is 4.27. The number of rotatable bonds is 2. The van der Waals surface area contributed by atoms with E-state index in [2.05, 4.69) is 9.69 Å². The highest BCUT2D eigenvalue weighted by Gasteiger charge is 2.27. The van der Waals surface area contributed by atoms with Gasteiger partial charge in [-0.3, -0.25) is 9.59 Å². The molecule has 0 spiro atoms. The predicted molar refractivity (Wildman–Crippen MR) is 74.6 cm³/mol. The van der Waals surface area contributed by atoms with Gasteiger partial charge < -0.3 is 15.1 Å². The molecule has 1 saturated heterocycles. The van der Waals surface area contributed by atoms with Crippen molar-refractivity contribution in [3.8, 4) is 0 Å². The van der Waals surface area contributed by atoms with Crippen LogP contribution in [0.3, 0.4) is 0 Å². The first-order valence-electron chi connectivity index (χ1n) is 6.23. The van der Waals surface area contributed by atoms with Crippen LogP contribution in [0.4, 0.5) is 5.00 Å². The van der Waals surface area contributed by atoms with Crippen LogP contribution >= 0.6 is 11.5 Å². The topological polar surface area (TPSA) is 65.5 Å². The minimum atomic E-state index is -0.00111. The number of aromatic nitrogens is 1. The van der Waals surface area contributed by atoms with Gasteiger partial charge in [0, 0.05) is 40.2 Å². The lowest BCUT2D eigenvalue weighted by Gasteiger charge is -2.34. The maximum Gasteiger partial charge on any atom is 0.258 e. The van der Waals surface area contributed by atoms with E-state index >= 15 is 0 Å². The fourth-order valence-electron chi connectivity index (χ4n) is 2.17. The standard InChI is InChI=1S/C12H18N4O2S/c1-8-10(11(13-3)19-14-8)12(18)16-6-4-15(5-7-16)9(2)17/h13H,4-7H2,1-3H3. The SMILES string of the molecule is CNc1snc(C)c1C(=O)N1CCN(C(C)=O)CC1. The summed E-state index contributed by atoms with van der Waals surface area (Å²) < 4.78 is 4.21. The molecule has 1 fully saturated rings. The molecule has 7 heteroatoms. The van der Waals surface area contributed by atoms with Crippen LogP contribution in [-0.2, 0) is 4.79 Å². The van der Waals surface area contributed by atoms with E-state index in [4.69, 9.17) is 0 Å². The molecule has 1 aromatic heterocycles. The molecule has 0 aliphatic carbocycles. The molecule has 0 radical (unpaired) electrons. The lowest BCUT2D eigenvalue weighted by Crippen LogP contribution is -2.50. The summed E-state index contributed by atoms with van der Waals surface area (Å²) in [5, 5.41) is 3.81. The maximum atomic E-state index is 12.5. The van der Waals surface area contributed by atoms with Crippen molar-refractivity contribution in [2.75, 3.05) is 38.5 Å². The van der Waals surface area contributed by atoms with E-state index in [1.54, 1.807) is 23.8 Å². The smallest absolute Gasteiger partial charge is 0.258 e. The summed E-state index contributed by atoms with van der Waals surface area (Å²) in [4.78, 5) is 27.3. The fourth-order valence-corrected chi connectivity index (χ4v) is 2.91. The zero-order valence-electron chi connectivity index (χ0n) is 11.4. The fraction of sp³-hybridized carbons (Fsp3) is 0.583. The molecule has 0 atom stereocenters. The quantitative estimate of drug-likeness (QED) is 0.871. The number of carbonyl (C=O) groups excluding carboxylic acids is 2. The van der Waals surface area contributed by atoms with E-state index in [0.717, 1.165) is 10.7 Å². The van der Waals surface area contributed by atoms with E-state index < -0.39 is 0 Å². The van der Waals surface area contributed by atoms with Crippen LogP contribution in [0.1, 0.15) is 23.0 Å². The van der Waals surface area contributed by atoms with Gasteiger partial charge in [0.15, 0.2) is 0 Å². The van der Waals surface area contributed by atoms with E-state index in [1.165, 1.54) is 11.5 Å². The van der Waals surface area contributed by atoms with Crippen molar-refractivity contribution in [1.82, 2.24) is 14.2 Å². The van der Waals surface area contributed by atoms with Gasteiger partial charge in [-0.15, -0.1) is 0 Å². The first-order valence-corrected chi connectivity index (χ1v) is 7.00. The maximum absolute atomic E-state index is 12.5.